The summed E-state index contributed by atoms with van der Waals surface area (Å²) in [6, 6.07) is -0.519. The quantitative estimate of drug-likeness (QED) is 0.802. The van der Waals surface area contributed by atoms with E-state index in [0.29, 0.717) is 24.8 Å². The van der Waals surface area contributed by atoms with Gasteiger partial charge in [-0.25, -0.2) is 4.79 Å². The number of aryl methyl sites for hydroxylation is 1. The Morgan fingerprint density at radius 2 is 2.00 bits per heavy atom. The van der Waals surface area contributed by atoms with E-state index in [-0.39, 0.29) is 24.3 Å². The molecule has 2 fully saturated rings. The maximum Gasteiger partial charge on any atom is 0.325 e. The number of likely N-dealkylation sites (tertiary alicyclic amines) is 1. The molecule has 3 rings (SSSR count). The number of imide groups is 1. The van der Waals surface area contributed by atoms with Crippen molar-refractivity contribution in [1.29, 1.82) is 0 Å². The number of rotatable bonds is 3. The molecule has 2 aliphatic rings. The van der Waals surface area contributed by atoms with Gasteiger partial charge in [0.1, 0.15) is 12.1 Å². The van der Waals surface area contributed by atoms with E-state index in [0.717, 1.165) is 17.7 Å². The van der Waals surface area contributed by atoms with Crippen LogP contribution in [0.2, 0.25) is 0 Å². The number of carbonyl (C=O) groups is 3. The van der Waals surface area contributed by atoms with Crippen LogP contribution in [0, 0.1) is 6.92 Å². The van der Waals surface area contributed by atoms with Gasteiger partial charge in [-0.1, -0.05) is 5.16 Å². The predicted octanol–water partition coefficient (Wildman–Crippen LogP) is 0.414. The van der Waals surface area contributed by atoms with Crippen molar-refractivity contribution in [2.75, 3.05) is 19.6 Å². The molecule has 0 unspecified atom stereocenters. The predicted molar refractivity (Wildman–Crippen MR) is 81.9 cm³/mol. The van der Waals surface area contributed by atoms with E-state index in [1.54, 1.807) is 25.7 Å². The highest BCUT2D eigenvalue weighted by atomic mass is 16.5. The third kappa shape index (κ3) is 2.98. The first-order valence-electron chi connectivity index (χ1n) is 8.00. The molecule has 0 aromatic carbocycles. The van der Waals surface area contributed by atoms with Gasteiger partial charge in [0.25, 0.3) is 5.91 Å². The molecule has 0 aliphatic carbocycles. The van der Waals surface area contributed by atoms with Crippen molar-refractivity contribution in [3.05, 3.63) is 11.7 Å². The van der Waals surface area contributed by atoms with E-state index in [2.05, 4.69) is 15.5 Å². The molecule has 2 aliphatic heterocycles. The van der Waals surface area contributed by atoms with Crippen molar-refractivity contribution >= 4 is 17.8 Å². The van der Waals surface area contributed by atoms with Crippen molar-refractivity contribution in [2.45, 2.75) is 45.1 Å². The molecule has 9 heteroatoms. The molecule has 3 heterocycles. The average Bonchev–Trinajstić information content (AvgIpc) is 3.04. The van der Waals surface area contributed by atoms with Crippen molar-refractivity contribution in [1.82, 2.24) is 25.3 Å². The molecule has 0 saturated carbocycles. The fourth-order valence-corrected chi connectivity index (χ4v) is 3.05. The van der Waals surface area contributed by atoms with Crippen LogP contribution >= 0.6 is 0 Å². The van der Waals surface area contributed by atoms with Crippen LogP contribution < -0.4 is 5.32 Å². The second kappa shape index (κ2) is 5.88. The Kier molecular flexibility index (Phi) is 4.02. The minimum absolute atomic E-state index is 0.144. The molecule has 1 aromatic heterocycles. The van der Waals surface area contributed by atoms with E-state index in [1.807, 2.05) is 0 Å². The normalized spacial score (nSPS) is 21.3. The molecule has 1 N–H and O–H groups in total. The molecule has 24 heavy (non-hydrogen) atoms. The SMILES string of the molecule is Cc1noc(C2CCN(C(=O)CN3C(=O)NC(C)(C)C3=O)CC2)n1. The molecular formula is C15H21N5O4. The zero-order valence-corrected chi connectivity index (χ0v) is 14.0. The lowest BCUT2D eigenvalue weighted by Gasteiger charge is -2.31. The molecular weight excluding hydrogens is 314 g/mol. The van der Waals surface area contributed by atoms with Gasteiger partial charge < -0.3 is 14.7 Å². The lowest BCUT2D eigenvalue weighted by Crippen LogP contribution is -2.46. The third-order valence-corrected chi connectivity index (χ3v) is 4.48. The fraction of sp³-hybridized carbons (Fsp3) is 0.667. The van der Waals surface area contributed by atoms with E-state index in [9.17, 15) is 14.4 Å². The Morgan fingerprint density at radius 1 is 1.33 bits per heavy atom. The Bertz CT molecular complexity index is 675. The Morgan fingerprint density at radius 3 is 2.50 bits per heavy atom. The second-order valence-corrected chi connectivity index (χ2v) is 6.78. The van der Waals surface area contributed by atoms with Gasteiger partial charge in [0.2, 0.25) is 11.8 Å². The molecule has 0 spiro atoms. The maximum atomic E-state index is 12.4. The van der Waals surface area contributed by atoms with Gasteiger partial charge >= 0.3 is 6.03 Å². The summed E-state index contributed by atoms with van der Waals surface area (Å²) >= 11 is 0. The molecule has 1 aromatic rings. The van der Waals surface area contributed by atoms with Crippen molar-refractivity contribution in [3.8, 4) is 0 Å². The van der Waals surface area contributed by atoms with Crippen LogP contribution in [-0.2, 0) is 9.59 Å². The number of urea groups is 1. The minimum atomic E-state index is -0.958. The smallest absolute Gasteiger partial charge is 0.325 e. The van der Waals surface area contributed by atoms with E-state index in [4.69, 9.17) is 4.52 Å². The number of nitrogens with one attached hydrogen (secondary N) is 1. The van der Waals surface area contributed by atoms with Gasteiger partial charge in [-0.3, -0.25) is 14.5 Å². The molecule has 0 bridgehead atoms. The van der Waals surface area contributed by atoms with Gasteiger partial charge in [-0.2, -0.15) is 4.98 Å². The first kappa shape index (κ1) is 16.4. The van der Waals surface area contributed by atoms with Crippen LogP contribution in [0.1, 0.15) is 44.3 Å². The van der Waals surface area contributed by atoms with Gasteiger partial charge in [0, 0.05) is 19.0 Å². The van der Waals surface area contributed by atoms with Gasteiger partial charge in [-0.05, 0) is 33.6 Å². The van der Waals surface area contributed by atoms with Crippen LogP contribution in [0.5, 0.6) is 0 Å². The van der Waals surface area contributed by atoms with E-state index >= 15 is 0 Å². The molecule has 0 radical (unpaired) electrons. The Balaban J connectivity index is 1.56. The van der Waals surface area contributed by atoms with E-state index < -0.39 is 11.6 Å². The summed E-state index contributed by atoms with van der Waals surface area (Å²) in [6.07, 6.45) is 1.44. The number of piperidine rings is 1. The summed E-state index contributed by atoms with van der Waals surface area (Å²) in [6.45, 7) is 5.87. The molecule has 0 atom stereocenters. The molecule has 4 amide bonds. The van der Waals surface area contributed by atoms with Crippen molar-refractivity contribution < 1.29 is 18.9 Å². The summed E-state index contributed by atoms with van der Waals surface area (Å²) in [4.78, 5) is 43.3. The summed E-state index contributed by atoms with van der Waals surface area (Å²) in [5, 5.41) is 6.36. The number of aromatic nitrogens is 2. The first-order valence-corrected chi connectivity index (χ1v) is 8.00. The lowest BCUT2D eigenvalue weighted by atomic mass is 9.96. The molecule has 130 valence electrons. The fourth-order valence-electron chi connectivity index (χ4n) is 3.05. The monoisotopic (exact) mass is 335 g/mol. The van der Waals surface area contributed by atoms with E-state index in [1.165, 1.54) is 0 Å². The molecule has 9 nitrogen and oxygen atoms in total. The van der Waals surface area contributed by atoms with Crippen LogP contribution in [0.25, 0.3) is 0 Å². The maximum absolute atomic E-state index is 12.4. The largest absolute Gasteiger partial charge is 0.341 e. The zero-order chi connectivity index (χ0) is 17.5. The number of nitrogens with zero attached hydrogens (tertiary/aromatic N) is 4. The summed E-state index contributed by atoms with van der Waals surface area (Å²) in [7, 11) is 0. The van der Waals surface area contributed by atoms with Crippen LogP contribution in [-0.4, -0.2) is 63.0 Å². The standard InChI is InChI=1S/C15H21N5O4/c1-9-16-12(24-18-9)10-4-6-19(7-5-10)11(21)8-20-13(22)15(2,3)17-14(20)23/h10H,4-8H2,1-3H3,(H,17,23). The highest BCUT2D eigenvalue weighted by molar-refractivity contribution is 6.08. The Labute approximate surface area is 139 Å². The van der Waals surface area contributed by atoms with Gasteiger partial charge in [0.15, 0.2) is 5.82 Å². The second-order valence-electron chi connectivity index (χ2n) is 6.78. The summed E-state index contributed by atoms with van der Waals surface area (Å²) in [5.41, 5.74) is -0.958. The van der Waals surface area contributed by atoms with Gasteiger partial charge in [-0.15, -0.1) is 0 Å². The topological polar surface area (TPSA) is 109 Å². The summed E-state index contributed by atoms with van der Waals surface area (Å²) < 4.78 is 5.19. The third-order valence-electron chi connectivity index (χ3n) is 4.48. The lowest BCUT2D eigenvalue weighted by molar-refractivity contribution is -0.139. The average molecular weight is 335 g/mol. The number of carbonyl (C=O) groups excluding carboxylic acids is 3. The van der Waals surface area contributed by atoms with Crippen LogP contribution in [0.4, 0.5) is 4.79 Å². The van der Waals surface area contributed by atoms with Crippen LogP contribution in [0.15, 0.2) is 4.52 Å². The van der Waals surface area contributed by atoms with Crippen LogP contribution in [0.3, 0.4) is 0 Å². The van der Waals surface area contributed by atoms with Gasteiger partial charge in [0.05, 0.1) is 0 Å². The van der Waals surface area contributed by atoms with Crippen molar-refractivity contribution in [2.24, 2.45) is 0 Å². The Hall–Kier alpha value is -2.45. The first-order chi connectivity index (χ1) is 11.3. The zero-order valence-electron chi connectivity index (χ0n) is 14.0. The number of hydrogen-bond acceptors (Lipinski definition) is 6. The number of hydrogen-bond donors (Lipinski definition) is 1. The number of amides is 4. The highest BCUT2D eigenvalue weighted by Crippen LogP contribution is 2.27. The van der Waals surface area contributed by atoms with Crippen molar-refractivity contribution in [3.63, 3.8) is 0 Å². The highest BCUT2D eigenvalue weighted by Gasteiger charge is 2.45. The summed E-state index contributed by atoms with van der Waals surface area (Å²) in [5.74, 6) is 0.749. The minimum Gasteiger partial charge on any atom is -0.341 e. The molecule has 2 saturated heterocycles.